The first-order chi connectivity index (χ1) is 22.4. The summed E-state index contributed by atoms with van der Waals surface area (Å²) in [6.45, 7) is 11.2. The molecule has 4 bridgehead atoms. The van der Waals surface area contributed by atoms with E-state index in [2.05, 4.69) is 5.32 Å². The van der Waals surface area contributed by atoms with Crippen molar-refractivity contribution in [3.63, 3.8) is 0 Å². The van der Waals surface area contributed by atoms with E-state index in [0.717, 1.165) is 11.1 Å². The Hall–Kier alpha value is -3.16. The summed E-state index contributed by atoms with van der Waals surface area (Å²) in [6.07, 6.45) is 1.52. The average Bonchev–Trinajstić information content (AvgIpc) is 3.73. The average molecular weight is 692 g/mol. The fourth-order valence-electron chi connectivity index (χ4n) is 6.46. The lowest BCUT2D eigenvalue weighted by molar-refractivity contribution is -0.159. The van der Waals surface area contributed by atoms with Crippen LogP contribution in [0, 0.1) is 5.92 Å². The van der Waals surface area contributed by atoms with Crippen molar-refractivity contribution < 1.29 is 43.2 Å². The summed E-state index contributed by atoms with van der Waals surface area (Å²) in [5.74, 6) is -0.920. The number of carbonyl (C=O) groups excluding carboxylic acids is 3. The molecule has 0 aliphatic carbocycles. The highest BCUT2D eigenvalue weighted by Gasteiger charge is 2.64. The number of ether oxygens (including phenoxy) is 5. The van der Waals surface area contributed by atoms with Crippen LogP contribution in [0.25, 0.3) is 0 Å². The molecule has 13 heteroatoms. The molecule has 266 valence electrons. The minimum absolute atomic E-state index is 0.00609. The smallest absolute Gasteiger partial charge is 0.409 e. The summed E-state index contributed by atoms with van der Waals surface area (Å²) < 4.78 is 29.2. The molecule has 0 spiro atoms. The van der Waals surface area contributed by atoms with Crippen molar-refractivity contribution in [2.24, 2.45) is 5.92 Å². The standard InChI is InChI=1S/C35H50ClN3O9/c1-19(2)38(7)22(5)32(41)47-28-17-29(40)39(8)24-15-23(16-25(44-9)30(24)36)14-20(3)12-11-13-27(45-10)35(43)18-26(46-33(42)37-35)21(4)31-34(28,6)48-31/h11-13,15-16,19,21-22,26-28,31,43H,14,17-18H2,1-10H3,(H,37,42)/b13-11+,20-12+/t21-,22+,26?,27-,28+,31+,34?,35+/m1/s1. The van der Waals surface area contributed by atoms with Crippen LogP contribution in [-0.4, -0.2) is 104 Å². The molecule has 0 aromatic heterocycles. The number of amides is 2. The van der Waals surface area contributed by atoms with Crippen molar-refractivity contribution in [1.82, 2.24) is 10.2 Å². The molecular weight excluding hydrogens is 642 g/mol. The molecule has 2 unspecified atom stereocenters. The molecule has 1 aromatic rings. The van der Waals surface area contributed by atoms with Gasteiger partial charge >= 0.3 is 12.1 Å². The first kappa shape index (κ1) is 37.7. The number of fused-ring (bicyclic) bond motifs is 5. The number of epoxide rings is 1. The topological polar surface area (TPSA) is 139 Å². The lowest BCUT2D eigenvalue weighted by Gasteiger charge is -2.42. The van der Waals surface area contributed by atoms with E-state index in [0.29, 0.717) is 17.9 Å². The quantitative estimate of drug-likeness (QED) is 0.326. The molecule has 2 saturated heterocycles. The maximum atomic E-state index is 14.0. The number of nitrogens with zero attached hydrogens (tertiary/aromatic N) is 2. The second kappa shape index (κ2) is 14.8. The van der Waals surface area contributed by atoms with E-state index in [-0.39, 0.29) is 29.8 Å². The van der Waals surface area contributed by atoms with Gasteiger partial charge in [0.15, 0.2) is 5.72 Å². The van der Waals surface area contributed by atoms with Crippen molar-refractivity contribution in [1.29, 1.82) is 0 Å². The zero-order valence-corrected chi connectivity index (χ0v) is 30.3. The Balaban J connectivity index is 1.79. The van der Waals surface area contributed by atoms with Crippen LogP contribution in [0.15, 0.2) is 35.9 Å². The van der Waals surface area contributed by atoms with Gasteiger partial charge in [0.2, 0.25) is 5.91 Å². The highest BCUT2D eigenvalue weighted by atomic mass is 35.5. The monoisotopic (exact) mass is 691 g/mol. The molecule has 8 atom stereocenters. The number of alkyl carbamates (subject to hydrolysis) is 1. The number of anilines is 1. The van der Waals surface area contributed by atoms with Crippen LogP contribution < -0.4 is 15.0 Å². The van der Waals surface area contributed by atoms with Crippen molar-refractivity contribution >= 4 is 35.3 Å². The Morgan fingerprint density at radius 3 is 2.54 bits per heavy atom. The number of likely N-dealkylation sites (N-methyl/N-ethyl adjacent to an activating group) is 1. The van der Waals surface area contributed by atoms with E-state index >= 15 is 0 Å². The Morgan fingerprint density at radius 1 is 1.23 bits per heavy atom. The van der Waals surface area contributed by atoms with Crippen LogP contribution >= 0.6 is 11.6 Å². The predicted molar refractivity (Wildman–Crippen MR) is 181 cm³/mol. The van der Waals surface area contributed by atoms with Gasteiger partial charge in [-0.2, -0.15) is 0 Å². The maximum Gasteiger partial charge on any atom is 0.409 e. The number of hydrogen-bond donors (Lipinski definition) is 2. The third kappa shape index (κ3) is 7.83. The second-order valence-electron chi connectivity index (χ2n) is 13.7. The van der Waals surface area contributed by atoms with Gasteiger partial charge in [-0.05, 0) is 65.8 Å². The summed E-state index contributed by atoms with van der Waals surface area (Å²) in [4.78, 5) is 43.6. The van der Waals surface area contributed by atoms with Gasteiger partial charge in [-0.1, -0.05) is 42.3 Å². The van der Waals surface area contributed by atoms with Gasteiger partial charge in [-0.25, -0.2) is 4.79 Å². The number of methoxy groups -OCH3 is 2. The minimum Gasteiger partial charge on any atom is -0.495 e. The van der Waals surface area contributed by atoms with Gasteiger partial charge in [-0.3, -0.25) is 19.8 Å². The van der Waals surface area contributed by atoms with E-state index in [1.54, 1.807) is 33.0 Å². The molecule has 2 fully saturated rings. The van der Waals surface area contributed by atoms with Crippen LogP contribution in [0.2, 0.25) is 5.02 Å². The van der Waals surface area contributed by atoms with E-state index in [9.17, 15) is 19.5 Å². The van der Waals surface area contributed by atoms with Crippen molar-refractivity contribution in [3.8, 4) is 5.75 Å². The molecule has 0 radical (unpaired) electrons. The molecular formula is C35H50ClN3O9. The number of nitrogens with one attached hydrogen (secondary N) is 1. The number of benzene rings is 1. The molecule has 12 nitrogen and oxygen atoms in total. The Labute approximate surface area is 288 Å². The number of esters is 1. The zero-order valence-electron chi connectivity index (χ0n) is 29.5. The van der Waals surface area contributed by atoms with E-state index in [1.807, 2.05) is 57.9 Å². The van der Waals surface area contributed by atoms with Crippen LogP contribution in [0.1, 0.15) is 59.9 Å². The first-order valence-electron chi connectivity index (χ1n) is 16.3. The summed E-state index contributed by atoms with van der Waals surface area (Å²) >= 11 is 6.74. The van der Waals surface area contributed by atoms with Crippen LogP contribution in [0.3, 0.4) is 0 Å². The second-order valence-corrected chi connectivity index (χ2v) is 14.0. The van der Waals surface area contributed by atoms with Crippen molar-refractivity contribution in [2.45, 2.75) is 109 Å². The fourth-order valence-corrected chi connectivity index (χ4v) is 6.77. The summed E-state index contributed by atoms with van der Waals surface area (Å²) in [6, 6.07) is 3.11. The van der Waals surface area contributed by atoms with Crippen LogP contribution in [0.5, 0.6) is 5.75 Å². The molecule has 48 heavy (non-hydrogen) atoms. The summed E-state index contributed by atoms with van der Waals surface area (Å²) in [7, 11) is 6.41. The van der Waals surface area contributed by atoms with Crippen LogP contribution in [0.4, 0.5) is 10.5 Å². The molecule has 3 aliphatic heterocycles. The van der Waals surface area contributed by atoms with Crippen LogP contribution in [-0.2, 0) is 35.0 Å². The molecule has 3 heterocycles. The van der Waals surface area contributed by atoms with Gasteiger partial charge in [0.05, 0.1) is 25.3 Å². The van der Waals surface area contributed by atoms with Crippen molar-refractivity contribution in [3.05, 3.63) is 46.5 Å². The van der Waals surface area contributed by atoms with Gasteiger partial charge < -0.3 is 33.7 Å². The zero-order chi connectivity index (χ0) is 35.7. The van der Waals surface area contributed by atoms with E-state index in [1.165, 1.54) is 19.1 Å². The van der Waals surface area contributed by atoms with Crippen molar-refractivity contribution in [2.75, 3.05) is 33.2 Å². The third-order valence-corrected chi connectivity index (χ3v) is 10.4. The van der Waals surface area contributed by atoms with Gasteiger partial charge in [0.1, 0.15) is 40.7 Å². The fraction of sp³-hybridized carbons (Fsp3) is 0.629. The number of halogens is 1. The van der Waals surface area contributed by atoms with Gasteiger partial charge in [-0.15, -0.1) is 0 Å². The highest BCUT2D eigenvalue weighted by Crippen LogP contribution is 2.49. The number of rotatable bonds is 6. The Bertz CT molecular complexity index is 1450. The number of hydrogen-bond acceptors (Lipinski definition) is 10. The number of aliphatic hydroxyl groups is 1. The molecule has 2 N–H and O–H groups in total. The normalized spacial score (nSPS) is 33.6. The third-order valence-electron chi connectivity index (χ3n) is 9.98. The summed E-state index contributed by atoms with van der Waals surface area (Å²) in [5, 5.41) is 14.5. The van der Waals surface area contributed by atoms with Gasteiger partial charge in [0.25, 0.3) is 0 Å². The van der Waals surface area contributed by atoms with E-state index < -0.39 is 59.8 Å². The molecule has 2 amide bonds. The maximum absolute atomic E-state index is 14.0. The lowest BCUT2D eigenvalue weighted by atomic mass is 9.83. The minimum atomic E-state index is -1.78. The highest BCUT2D eigenvalue weighted by molar-refractivity contribution is 6.35. The Morgan fingerprint density at radius 2 is 1.92 bits per heavy atom. The Kier molecular flexibility index (Phi) is 11.6. The number of carbonyl (C=O) groups is 3. The predicted octanol–water partition coefficient (Wildman–Crippen LogP) is 4.40. The molecule has 1 aromatic carbocycles. The molecule has 4 rings (SSSR count). The van der Waals surface area contributed by atoms with Gasteiger partial charge in [0, 0.05) is 32.5 Å². The van der Waals surface area contributed by atoms with E-state index in [4.69, 9.17) is 35.3 Å². The SMILES string of the molecule is COc1cc2cc(c1Cl)N(C)C(=O)C[C@H](OC(=O)[C@H](C)N(C)C(C)C)C1(C)O[C@H]1[C@H](C)C1C[C@@](O)(NC(=O)O1)[C@H](OC)/C=C/C=C(\C)C2. The molecule has 3 aliphatic rings. The molecule has 0 saturated carbocycles. The lowest BCUT2D eigenvalue weighted by Crippen LogP contribution is -2.63. The largest absolute Gasteiger partial charge is 0.495 e. The first-order valence-corrected chi connectivity index (χ1v) is 16.6. The number of allylic oxidation sites excluding steroid dienone is 3. The summed E-state index contributed by atoms with van der Waals surface area (Å²) in [5.41, 5.74) is -0.654.